The Hall–Kier alpha value is -2.04. The van der Waals surface area contributed by atoms with E-state index in [4.69, 9.17) is 11.6 Å². The van der Waals surface area contributed by atoms with Crippen molar-refractivity contribution in [3.8, 4) is 5.75 Å². The van der Waals surface area contributed by atoms with Crippen LogP contribution in [0, 0.1) is 0 Å². The van der Waals surface area contributed by atoms with Gasteiger partial charge in [0.25, 0.3) is 5.91 Å². The number of halogens is 1. The Balaban J connectivity index is 2.26. The van der Waals surface area contributed by atoms with Crippen molar-refractivity contribution in [2.45, 2.75) is 6.54 Å². The first kappa shape index (κ1) is 14.4. The quantitative estimate of drug-likeness (QED) is 0.811. The van der Waals surface area contributed by atoms with E-state index in [9.17, 15) is 9.90 Å². The Labute approximate surface area is 122 Å². The fourth-order valence-electron chi connectivity index (χ4n) is 1.86. The molecule has 2 aromatic rings. The third-order valence-electron chi connectivity index (χ3n) is 2.83. The Kier molecular flexibility index (Phi) is 4.61. The summed E-state index contributed by atoms with van der Waals surface area (Å²) in [6.07, 6.45) is 0. The Morgan fingerprint density at radius 2 is 2.00 bits per heavy atom. The van der Waals surface area contributed by atoms with Crippen molar-refractivity contribution in [1.82, 2.24) is 5.32 Å². The monoisotopic (exact) mass is 290 g/mol. The third kappa shape index (κ3) is 3.29. The minimum Gasteiger partial charge on any atom is -0.508 e. The zero-order chi connectivity index (χ0) is 14.5. The SMILES string of the molecule is CNCc1ccccc1NC(=O)c1cc(O)ccc1Cl. The van der Waals surface area contributed by atoms with E-state index < -0.39 is 0 Å². The number of phenols is 1. The maximum atomic E-state index is 12.2. The van der Waals surface area contributed by atoms with Crippen LogP contribution in [-0.2, 0) is 6.54 Å². The highest BCUT2D eigenvalue weighted by atomic mass is 35.5. The lowest BCUT2D eigenvalue weighted by Crippen LogP contribution is -2.15. The van der Waals surface area contributed by atoms with Gasteiger partial charge in [0.1, 0.15) is 5.75 Å². The van der Waals surface area contributed by atoms with Crippen molar-refractivity contribution in [1.29, 1.82) is 0 Å². The Morgan fingerprint density at radius 1 is 1.25 bits per heavy atom. The largest absolute Gasteiger partial charge is 0.508 e. The fourth-order valence-corrected chi connectivity index (χ4v) is 2.07. The molecule has 0 heterocycles. The number of carbonyl (C=O) groups is 1. The number of aromatic hydroxyl groups is 1. The first-order valence-electron chi connectivity index (χ1n) is 6.14. The molecule has 2 rings (SSSR count). The Bertz CT molecular complexity index is 629. The van der Waals surface area contributed by atoms with Crippen LogP contribution >= 0.6 is 11.6 Å². The molecule has 0 atom stereocenters. The van der Waals surface area contributed by atoms with Crippen LogP contribution in [0.4, 0.5) is 5.69 Å². The van der Waals surface area contributed by atoms with Gasteiger partial charge in [0.15, 0.2) is 0 Å². The van der Waals surface area contributed by atoms with E-state index in [0.717, 1.165) is 5.56 Å². The highest BCUT2D eigenvalue weighted by molar-refractivity contribution is 6.34. The number of carbonyl (C=O) groups excluding carboxylic acids is 1. The summed E-state index contributed by atoms with van der Waals surface area (Å²) in [5.74, 6) is -0.350. The highest BCUT2D eigenvalue weighted by Gasteiger charge is 2.13. The number of nitrogens with one attached hydrogen (secondary N) is 2. The maximum Gasteiger partial charge on any atom is 0.257 e. The summed E-state index contributed by atoms with van der Waals surface area (Å²) in [5, 5.41) is 15.6. The molecule has 0 fully saturated rings. The van der Waals surface area contributed by atoms with Crippen LogP contribution in [0.5, 0.6) is 5.75 Å². The number of rotatable bonds is 4. The molecule has 1 amide bonds. The number of hydrogen-bond acceptors (Lipinski definition) is 3. The number of benzene rings is 2. The second kappa shape index (κ2) is 6.41. The molecule has 0 aliphatic heterocycles. The summed E-state index contributed by atoms with van der Waals surface area (Å²) in [6, 6.07) is 11.8. The molecule has 104 valence electrons. The van der Waals surface area contributed by atoms with Crippen LogP contribution in [-0.4, -0.2) is 18.1 Å². The van der Waals surface area contributed by atoms with E-state index in [-0.39, 0.29) is 17.2 Å². The zero-order valence-electron chi connectivity index (χ0n) is 11.0. The summed E-state index contributed by atoms with van der Waals surface area (Å²) >= 11 is 5.97. The minimum absolute atomic E-state index is 0.00283. The van der Waals surface area contributed by atoms with Gasteiger partial charge in [-0.1, -0.05) is 29.8 Å². The second-order valence-electron chi connectivity index (χ2n) is 4.31. The standard InChI is InChI=1S/C15H15ClN2O2/c1-17-9-10-4-2-3-5-14(10)18-15(20)12-8-11(19)6-7-13(12)16/h2-8,17,19H,9H2,1H3,(H,18,20). The van der Waals surface area contributed by atoms with E-state index in [1.165, 1.54) is 18.2 Å². The molecule has 0 saturated heterocycles. The molecule has 0 aliphatic rings. The van der Waals surface area contributed by atoms with Crippen LogP contribution in [0.25, 0.3) is 0 Å². The summed E-state index contributed by atoms with van der Waals surface area (Å²) < 4.78 is 0. The van der Waals surface area contributed by atoms with Crippen molar-refractivity contribution in [3.63, 3.8) is 0 Å². The van der Waals surface area contributed by atoms with E-state index >= 15 is 0 Å². The maximum absolute atomic E-state index is 12.2. The second-order valence-corrected chi connectivity index (χ2v) is 4.71. The normalized spacial score (nSPS) is 10.3. The van der Waals surface area contributed by atoms with Gasteiger partial charge in [0.05, 0.1) is 10.6 Å². The molecule has 0 spiro atoms. The fraction of sp³-hybridized carbons (Fsp3) is 0.133. The molecule has 0 aliphatic carbocycles. The lowest BCUT2D eigenvalue weighted by atomic mass is 10.1. The van der Waals surface area contributed by atoms with Gasteiger partial charge in [0, 0.05) is 12.2 Å². The number of hydrogen-bond donors (Lipinski definition) is 3. The predicted molar refractivity (Wildman–Crippen MR) is 80.3 cm³/mol. The molecule has 0 bridgehead atoms. The zero-order valence-corrected chi connectivity index (χ0v) is 11.7. The van der Waals surface area contributed by atoms with Gasteiger partial charge in [0.2, 0.25) is 0 Å². The smallest absolute Gasteiger partial charge is 0.257 e. The Morgan fingerprint density at radius 3 is 2.75 bits per heavy atom. The molecular weight excluding hydrogens is 276 g/mol. The van der Waals surface area contributed by atoms with Gasteiger partial charge >= 0.3 is 0 Å². The highest BCUT2D eigenvalue weighted by Crippen LogP contribution is 2.23. The van der Waals surface area contributed by atoms with Crippen molar-refractivity contribution in [2.24, 2.45) is 0 Å². The minimum atomic E-state index is -0.352. The van der Waals surface area contributed by atoms with Gasteiger partial charge in [-0.25, -0.2) is 0 Å². The van der Waals surface area contributed by atoms with E-state index in [0.29, 0.717) is 17.3 Å². The van der Waals surface area contributed by atoms with Gasteiger partial charge in [-0.2, -0.15) is 0 Å². The van der Waals surface area contributed by atoms with E-state index in [1.807, 2.05) is 31.3 Å². The van der Waals surface area contributed by atoms with E-state index in [1.54, 1.807) is 0 Å². The predicted octanol–water partition coefficient (Wildman–Crippen LogP) is 3.02. The number of amides is 1. The van der Waals surface area contributed by atoms with Crippen molar-refractivity contribution in [2.75, 3.05) is 12.4 Å². The average molecular weight is 291 g/mol. The number of phenolic OH excluding ortho intramolecular Hbond substituents is 1. The first-order chi connectivity index (χ1) is 9.61. The molecule has 20 heavy (non-hydrogen) atoms. The van der Waals surface area contributed by atoms with Crippen LogP contribution in [0.2, 0.25) is 5.02 Å². The summed E-state index contributed by atoms with van der Waals surface area (Å²) in [7, 11) is 1.84. The van der Waals surface area contributed by atoms with Crippen LogP contribution in [0.1, 0.15) is 15.9 Å². The lowest BCUT2D eigenvalue weighted by molar-refractivity contribution is 0.102. The number of anilines is 1. The topological polar surface area (TPSA) is 61.4 Å². The van der Waals surface area contributed by atoms with Crippen LogP contribution in [0.3, 0.4) is 0 Å². The van der Waals surface area contributed by atoms with Crippen LogP contribution in [0.15, 0.2) is 42.5 Å². The molecule has 4 nitrogen and oxygen atoms in total. The van der Waals surface area contributed by atoms with Crippen molar-refractivity contribution >= 4 is 23.2 Å². The van der Waals surface area contributed by atoms with Gasteiger partial charge in [-0.05, 0) is 36.9 Å². The molecule has 3 N–H and O–H groups in total. The molecule has 0 unspecified atom stereocenters. The van der Waals surface area contributed by atoms with Crippen molar-refractivity contribution < 1.29 is 9.90 Å². The third-order valence-corrected chi connectivity index (χ3v) is 3.16. The average Bonchev–Trinajstić information content (AvgIpc) is 2.44. The van der Waals surface area contributed by atoms with Crippen molar-refractivity contribution in [3.05, 3.63) is 58.6 Å². The number of para-hydroxylation sites is 1. The lowest BCUT2D eigenvalue weighted by Gasteiger charge is -2.11. The van der Waals surface area contributed by atoms with Crippen LogP contribution < -0.4 is 10.6 Å². The summed E-state index contributed by atoms with van der Waals surface area (Å²) in [5.41, 5.74) is 1.93. The summed E-state index contributed by atoms with van der Waals surface area (Å²) in [4.78, 5) is 12.2. The molecule has 5 heteroatoms. The molecule has 0 saturated carbocycles. The van der Waals surface area contributed by atoms with Gasteiger partial charge in [-0.15, -0.1) is 0 Å². The van der Waals surface area contributed by atoms with Gasteiger partial charge in [-0.3, -0.25) is 4.79 Å². The molecule has 0 radical (unpaired) electrons. The molecule has 0 aromatic heterocycles. The van der Waals surface area contributed by atoms with Gasteiger partial charge < -0.3 is 15.7 Å². The molecular formula is C15H15ClN2O2. The first-order valence-corrected chi connectivity index (χ1v) is 6.52. The van der Waals surface area contributed by atoms with E-state index in [2.05, 4.69) is 10.6 Å². The summed E-state index contributed by atoms with van der Waals surface area (Å²) in [6.45, 7) is 0.643. The molecule has 2 aromatic carbocycles.